The fourth-order valence-corrected chi connectivity index (χ4v) is 3.12. The average Bonchev–Trinajstić information content (AvgIpc) is 2.74. The van der Waals surface area contributed by atoms with E-state index in [-0.39, 0.29) is 11.5 Å². The molecule has 31 heavy (non-hydrogen) atoms. The highest BCUT2D eigenvalue weighted by Crippen LogP contribution is 2.29. The van der Waals surface area contributed by atoms with E-state index in [1.807, 2.05) is 0 Å². The molecule has 1 aliphatic heterocycles. The van der Waals surface area contributed by atoms with Crippen LogP contribution in [0.25, 0.3) is 0 Å². The van der Waals surface area contributed by atoms with Gasteiger partial charge in [0.1, 0.15) is 0 Å². The molecule has 1 heterocycles. The lowest BCUT2D eigenvalue weighted by Gasteiger charge is -2.25. The number of ether oxygens (including phenoxy) is 1. The molecular weight excluding hydrogens is 433 g/mol. The van der Waals surface area contributed by atoms with E-state index in [0.29, 0.717) is 37.0 Å². The van der Waals surface area contributed by atoms with Gasteiger partial charge >= 0.3 is 6.18 Å². The third-order valence-corrected chi connectivity index (χ3v) is 4.82. The first-order valence-corrected chi connectivity index (χ1v) is 10.0. The first kappa shape index (κ1) is 23.1. The number of carbonyl (C=O) groups excluding carboxylic acids is 1. The van der Waals surface area contributed by atoms with Gasteiger partial charge in [-0.25, -0.2) is 0 Å². The third-order valence-electron chi connectivity index (χ3n) is 4.58. The van der Waals surface area contributed by atoms with Gasteiger partial charge < -0.3 is 10.1 Å². The van der Waals surface area contributed by atoms with Crippen LogP contribution in [0.5, 0.6) is 0 Å². The number of guanidine groups is 1. The van der Waals surface area contributed by atoms with Crippen LogP contribution in [0.2, 0.25) is 5.02 Å². The first-order chi connectivity index (χ1) is 14.8. The molecule has 1 aliphatic rings. The van der Waals surface area contributed by atoms with Gasteiger partial charge in [-0.15, -0.1) is 0 Å². The Hall–Kier alpha value is -2.62. The van der Waals surface area contributed by atoms with E-state index in [4.69, 9.17) is 16.3 Å². The monoisotopic (exact) mass is 454 g/mol. The molecule has 3 rings (SSSR count). The van der Waals surface area contributed by atoms with E-state index in [1.54, 1.807) is 24.3 Å². The number of rotatable bonds is 5. The van der Waals surface area contributed by atoms with Gasteiger partial charge in [-0.1, -0.05) is 17.7 Å². The van der Waals surface area contributed by atoms with E-state index >= 15 is 0 Å². The molecule has 0 spiro atoms. The fraction of sp³-hybridized carbons (Fsp3) is 0.333. The number of alkyl halides is 3. The lowest BCUT2D eigenvalue weighted by Crippen LogP contribution is -2.39. The molecule has 6 nitrogen and oxygen atoms in total. The van der Waals surface area contributed by atoms with E-state index < -0.39 is 17.6 Å². The van der Waals surface area contributed by atoms with Gasteiger partial charge in [0.05, 0.1) is 25.3 Å². The zero-order valence-electron chi connectivity index (χ0n) is 16.6. The molecule has 166 valence electrons. The summed E-state index contributed by atoms with van der Waals surface area (Å²) < 4.78 is 43.6. The minimum absolute atomic E-state index is 0.0850. The maximum atomic E-state index is 12.7. The van der Waals surface area contributed by atoms with Crippen LogP contribution in [0.4, 0.5) is 18.9 Å². The predicted octanol–water partition coefficient (Wildman–Crippen LogP) is 3.89. The molecule has 0 aromatic heterocycles. The standard InChI is InChI=1S/C21H22ClF3N4O2/c22-17-2-1-3-18(14-17)27-20(26-8-9-29-10-12-31-13-11-29)28-19(30)15-4-6-16(7-5-15)21(23,24)25/h1-7,14H,8-13H2,(H2,26,27,28,30). The lowest BCUT2D eigenvalue weighted by atomic mass is 10.1. The molecular formula is C21H22ClF3N4O2. The summed E-state index contributed by atoms with van der Waals surface area (Å²) in [4.78, 5) is 19.2. The van der Waals surface area contributed by atoms with Crippen molar-refractivity contribution in [1.82, 2.24) is 10.2 Å². The smallest absolute Gasteiger partial charge is 0.379 e. The van der Waals surface area contributed by atoms with Crippen LogP contribution in [0.1, 0.15) is 15.9 Å². The van der Waals surface area contributed by atoms with Gasteiger partial charge in [-0.05, 0) is 42.5 Å². The SMILES string of the molecule is O=C(NC(=NCCN1CCOCC1)Nc1cccc(Cl)c1)c1ccc(C(F)(F)F)cc1. The molecule has 2 N–H and O–H groups in total. The molecule has 1 fully saturated rings. The average molecular weight is 455 g/mol. The van der Waals surface area contributed by atoms with E-state index in [0.717, 1.165) is 37.4 Å². The molecule has 0 atom stereocenters. The van der Waals surface area contributed by atoms with E-state index in [1.165, 1.54) is 0 Å². The predicted molar refractivity (Wildman–Crippen MR) is 114 cm³/mol. The quantitative estimate of drug-likeness (QED) is 0.531. The van der Waals surface area contributed by atoms with Crippen molar-refractivity contribution in [1.29, 1.82) is 0 Å². The van der Waals surface area contributed by atoms with Crippen molar-refractivity contribution in [3.05, 3.63) is 64.7 Å². The van der Waals surface area contributed by atoms with Gasteiger partial charge in [0.2, 0.25) is 5.96 Å². The van der Waals surface area contributed by atoms with Crippen molar-refractivity contribution in [2.24, 2.45) is 4.99 Å². The molecule has 0 bridgehead atoms. The second-order valence-corrected chi connectivity index (χ2v) is 7.29. The van der Waals surface area contributed by atoms with Gasteiger partial charge in [-0.3, -0.25) is 20.0 Å². The van der Waals surface area contributed by atoms with Crippen molar-refractivity contribution in [3.8, 4) is 0 Å². The van der Waals surface area contributed by atoms with Crippen molar-refractivity contribution in [3.63, 3.8) is 0 Å². The number of hydrogen-bond acceptors (Lipinski definition) is 4. The van der Waals surface area contributed by atoms with Gasteiger partial charge in [0.15, 0.2) is 0 Å². The number of nitrogens with zero attached hydrogens (tertiary/aromatic N) is 2. The molecule has 0 radical (unpaired) electrons. The number of carbonyl (C=O) groups is 1. The van der Waals surface area contributed by atoms with Crippen LogP contribution >= 0.6 is 11.6 Å². The number of anilines is 1. The number of nitrogens with one attached hydrogen (secondary N) is 2. The molecule has 2 aromatic carbocycles. The Balaban J connectivity index is 1.69. The largest absolute Gasteiger partial charge is 0.416 e. The maximum Gasteiger partial charge on any atom is 0.416 e. The molecule has 1 saturated heterocycles. The Labute approximate surface area is 183 Å². The van der Waals surface area contributed by atoms with Crippen LogP contribution in [-0.4, -0.2) is 56.2 Å². The summed E-state index contributed by atoms with van der Waals surface area (Å²) in [6.07, 6.45) is -4.46. The Morgan fingerprint density at radius 3 is 2.48 bits per heavy atom. The Bertz CT molecular complexity index is 914. The summed E-state index contributed by atoms with van der Waals surface area (Å²) in [6, 6.07) is 10.9. The van der Waals surface area contributed by atoms with Crippen molar-refractivity contribution >= 4 is 29.2 Å². The lowest BCUT2D eigenvalue weighted by molar-refractivity contribution is -0.137. The summed E-state index contributed by atoms with van der Waals surface area (Å²) in [7, 11) is 0. The van der Waals surface area contributed by atoms with Crippen LogP contribution in [-0.2, 0) is 10.9 Å². The van der Waals surface area contributed by atoms with Crippen LogP contribution < -0.4 is 10.6 Å². The van der Waals surface area contributed by atoms with Crippen LogP contribution in [0.15, 0.2) is 53.5 Å². The minimum Gasteiger partial charge on any atom is -0.379 e. The normalized spacial score (nSPS) is 15.5. The Kier molecular flexibility index (Phi) is 7.89. The molecule has 0 saturated carbocycles. The topological polar surface area (TPSA) is 66.0 Å². The van der Waals surface area contributed by atoms with Crippen molar-refractivity contribution in [2.75, 3.05) is 44.7 Å². The summed E-state index contributed by atoms with van der Waals surface area (Å²) >= 11 is 6.01. The number of amides is 1. The molecule has 10 heteroatoms. The second kappa shape index (κ2) is 10.6. The zero-order valence-corrected chi connectivity index (χ0v) is 17.3. The number of morpholine rings is 1. The highest BCUT2D eigenvalue weighted by molar-refractivity contribution is 6.31. The van der Waals surface area contributed by atoms with Gasteiger partial charge in [-0.2, -0.15) is 13.2 Å². The summed E-state index contributed by atoms with van der Waals surface area (Å²) in [5.74, 6) is -0.395. The Morgan fingerprint density at radius 2 is 1.84 bits per heavy atom. The summed E-state index contributed by atoms with van der Waals surface area (Å²) in [5.41, 5.74) is -0.118. The maximum absolute atomic E-state index is 12.7. The van der Waals surface area contributed by atoms with Gasteiger partial charge in [0.25, 0.3) is 5.91 Å². The van der Waals surface area contributed by atoms with Gasteiger partial charge in [0, 0.05) is 35.9 Å². The number of halogens is 4. The first-order valence-electron chi connectivity index (χ1n) is 9.67. The number of benzene rings is 2. The second-order valence-electron chi connectivity index (χ2n) is 6.85. The van der Waals surface area contributed by atoms with E-state index in [2.05, 4.69) is 20.5 Å². The van der Waals surface area contributed by atoms with Crippen LogP contribution in [0.3, 0.4) is 0 Å². The number of hydrogen-bond donors (Lipinski definition) is 2. The minimum atomic E-state index is -4.46. The summed E-state index contributed by atoms with van der Waals surface area (Å²) in [5, 5.41) is 6.14. The van der Waals surface area contributed by atoms with E-state index in [9.17, 15) is 18.0 Å². The molecule has 0 aliphatic carbocycles. The van der Waals surface area contributed by atoms with Crippen molar-refractivity contribution in [2.45, 2.75) is 6.18 Å². The highest BCUT2D eigenvalue weighted by atomic mass is 35.5. The zero-order chi connectivity index (χ0) is 22.3. The molecule has 0 unspecified atom stereocenters. The summed E-state index contributed by atoms with van der Waals surface area (Å²) in [6.45, 7) is 4.05. The molecule has 1 amide bonds. The molecule has 2 aromatic rings. The Morgan fingerprint density at radius 1 is 1.13 bits per heavy atom. The highest BCUT2D eigenvalue weighted by Gasteiger charge is 2.30. The third kappa shape index (κ3) is 7.23. The fourth-order valence-electron chi connectivity index (χ4n) is 2.93. The van der Waals surface area contributed by atoms with Crippen molar-refractivity contribution < 1.29 is 22.7 Å². The van der Waals surface area contributed by atoms with Crippen LogP contribution in [0, 0.1) is 0 Å². The number of aliphatic imine (C=N–C) groups is 1.